The second-order valence-corrected chi connectivity index (χ2v) is 3.65. The Morgan fingerprint density at radius 2 is 1.28 bits per heavy atom. The molecule has 0 radical (unpaired) electrons. The van der Waals surface area contributed by atoms with Gasteiger partial charge in [-0.15, -0.1) is 0 Å². The molecule has 0 nitrogen and oxygen atoms in total. The summed E-state index contributed by atoms with van der Waals surface area (Å²) in [5.74, 6) is -4.01. The largest absolute Gasteiger partial charge is 0.306 e. The molecule has 0 N–H and O–H groups in total. The molecule has 0 atom stereocenters. The maximum Gasteiger partial charge on any atom is 0.306 e. The first-order valence-corrected chi connectivity index (χ1v) is 4.79. The lowest BCUT2D eigenvalue weighted by Crippen LogP contribution is -1.96. The van der Waals surface area contributed by atoms with E-state index >= 15 is 0 Å². The molecule has 1 aromatic carbocycles. The van der Waals surface area contributed by atoms with Crippen LogP contribution in [0.3, 0.4) is 0 Å². The number of halogens is 6. The van der Waals surface area contributed by atoms with Crippen LogP contribution in [0, 0.1) is 13.8 Å². The summed E-state index contributed by atoms with van der Waals surface area (Å²) in [7, 11) is 0. The first kappa shape index (κ1) is 14.3. The monoisotopic (exact) mass is 266 g/mol. The van der Waals surface area contributed by atoms with Gasteiger partial charge >= 0.3 is 12.2 Å². The summed E-state index contributed by atoms with van der Waals surface area (Å²) < 4.78 is 75.3. The third kappa shape index (κ3) is 2.75. The molecule has 6 heteroatoms. The van der Waals surface area contributed by atoms with Crippen molar-refractivity contribution in [1.29, 1.82) is 0 Å². The third-order valence-electron chi connectivity index (χ3n) is 2.27. The van der Waals surface area contributed by atoms with Crippen molar-refractivity contribution in [3.8, 4) is 0 Å². The van der Waals surface area contributed by atoms with E-state index in [-0.39, 0.29) is 5.56 Å². The Labute approximate surface area is 99.2 Å². The van der Waals surface area contributed by atoms with Crippen LogP contribution < -0.4 is 0 Å². The van der Waals surface area contributed by atoms with Gasteiger partial charge in [0.2, 0.25) is 0 Å². The second kappa shape index (κ2) is 5.29. The van der Waals surface area contributed by atoms with Crippen LogP contribution in [0.5, 0.6) is 0 Å². The summed E-state index contributed by atoms with van der Waals surface area (Å²) in [4.78, 5) is 0. The zero-order valence-corrected chi connectivity index (χ0v) is 9.42. The van der Waals surface area contributed by atoms with Crippen molar-refractivity contribution in [3.63, 3.8) is 0 Å². The van der Waals surface area contributed by atoms with Gasteiger partial charge in [0, 0.05) is 11.1 Å². The van der Waals surface area contributed by atoms with Crippen LogP contribution >= 0.6 is 0 Å². The highest BCUT2D eigenvalue weighted by Crippen LogP contribution is 2.35. The molecular formula is C12H8F6. The number of benzene rings is 1. The van der Waals surface area contributed by atoms with E-state index in [1.54, 1.807) is 0 Å². The highest BCUT2D eigenvalue weighted by atomic mass is 19.3. The average molecular weight is 266 g/mol. The Kier molecular flexibility index (Phi) is 4.21. The Hall–Kier alpha value is -1.72. The fraction of sp³-hybridized carbons (Fsp3) is 0.167. The van der Waals surface area contributed by atoms with Crippen LogP contribution in [-0.4, -0.2) is 0 Å². The topological polar surface area (TPSA) is 0 Å². The van der Waals surface area contributed by atoms with Gasteiger partial charge in [-0.2, -0.15) is 17.6 Å². The molecule has 0 bridgehead atoms. The molecule has 0 heterocycles. The summed E-state index contributed by atoms with van der Waals surface area (Å²) in [6.07, 6.45) is -5.37. The van der Waals surface area contributed by atoms with Crippen molar-refractivity contribution >= 4 is 11.7 Å². The molecule has 0 saturated heterocycles. The Balaban J connectivity index is 3.71. The van der Waals surface area contributed by atoms with E-state index < -0.39 is 34.9 Å². The minimum absolute atomic E-state index is 0.0494. The van der Waals surface area contributed by atoms with Crippen LogP contribution in [0.4, 0.5) is 26.3 Å². The first-order valence-electron chi connectivity index (χ1n) is 4.79. The van der Waals surface area contributed by atoms with Gasteiger partial charge in [-0.25, -0.2) is 8.78 Å². The fourth-order valence-corrected chi connectivity index (χ4v) is 1.63. The van der Waals surface area contributed by atoms with Gasteiger partial charge in [0.1, 0.15) is 0 Å². The molecule has 0 aliphatic carbocycles. The SMILES string of the molecule is Cc1cc(C)c(C(F)=C(F)F)c(C(F)=C(F)F)c1. The van der Waals surface area contributed by atoms with E-state index in [2.05, 4.69) is 0 Å². The smallest absolute Gasteiger partial charge is 0.200 e. The van der Waals surface area contributed by atoms with Gasteiger partial charge in [0.15, 0.2) is 11.7 Å². The summed E-state index contributed by atoms with van der Waals surface area (Å²) >= 11 is 0. The Morgan fingerprint density at radius 1 is 0.778 bits per heavy atom. The van der Waals surface area contributed by atoms with E-state index in [1.807, 2.05) is 0 Å². The van der Waals surface area contributed by atoms with Crippen molar-refractivity contribution in [1.82, 2.24) is 0 Å². The molecule has 1 rings (SSSR count). The van der Waals surface area contributed by atoms with Gasteiger partial charge in [0.25, 0.3) is 0 Å². The number of rotatable bonds is 2. The van der Waals surface area contributed by atoms with Gasteiger partial charge in [-0.3, -0.25) is 0 Å². The third-order valence-corrected chi connectivity index (χ3v) is 2.27. The highest BCUT2D eigenvalue weighted by molar-refractivity contribution is 5.77. The molecule has 98 valence electrons. The van der Waals surface area contributed by atoms with E-state index in [0.29, 0.717) is 5.56 Å². The number of aryl methyl sites for hydroxylation is 2. The zero-order valence-electron chi connectivity index (χ0n) is 9.42. The summed E-state index contributed by atoms with van der Waals surface area (Å²) in [6.45, 7) is 2.69. The molecule has 0 saturated carbocycles. The molecular weight excluding hydrogens is 258 g/mol. The number of hydrogen-bond donors (Lipinski definition) is 0. The van der Waals surface area contributed by atoms with Gasteiger partial charge < -0.3 is 0 Å². The van der Waals surface area contributed by atoms with Crippen molar-refractivity contribution < 1.29 is 26.3 Å². The van der Waals surface area contributed by atoms with Crippen molar-refractivity contribution in [2.75, 3.05) is 0 Å². The van der Waals surface area contributed by atoms with Crippen molar-refractivity contribution in [3.05, 3.63) is 46.5 Å². The Morgan fingerprint density at radius 3 is 1.72 bits per heavy atom. The quantitative estimate of drug-likeness (QED) is 0.631. The predicted molar refractivity (Wildman–Crippen MR) is 56.4 cm³/mol. The molecule has 0 fully saturated rings. The van der Waals surface area contributed by atoms with Crippen LogP contribution in [-0.2, 0) is 0 Å². The standard InChI is InChI=1S/C12H8F6/c1-5-3-6(2)8(10(14)12(17)18)7(4-5)9(13)11(15)16/h3-4H,1-2H3. The van der Waals surface area contributed by atoms with E-state index in [9.17, 15) is 26.3 Å². The lowest BCUT2D eigenvalue weighted by atomic mass is 9.97. The molecule has 0 aliphatic heterocycles. The molecule has 0 amide bonds. The first-order chi connectivity index (χ1) is 8.25. The minimum atomic E-state index is -2.69. The average Bonchev–Trinajstić information content (AvgIpc) is 2.25. The number of hydrogen-bond acceptors (Lipinski definition) is 0. The van der Waals surface area contributed by atoms with Gasteiger partial charge in [0.05, 0.1) is 0 Å². The zero-order chi connectivity index (χ0) is 14.0. The molecule has 0 aliphatic rings. The van der Waals surface area contributed by atoms with Gasteiger partial charge in [-0.1, -0.05) is 11.6 Å². The molecule has 18 heavy (non-hydrogen) atoms. The van der Waals surface area contributed by atoms with Crippen molar-refractivity contribution in [2.24, 2.45) is 0 Å². The van der Waals surface area contributed by atoms with E-state index in [0.717, 1.165) is 6.07 Å². The maximum absolute atomic E-state index is 13.2. The summed E-state index contributed by atoms with van der Waals surface area (Å²) in [5, 5.41) is 0. The van der Waals surface area contributed by atoms with Crippen LogP contribution in [0.1, 0.15) is 22.3 Å². The van der Waals surface area contributed by atoms with Crippen molar-refractivity contribution in [2.45, 2.75) is 13.8 Å². The minimum Gasteiger partial charge on any atom is -0.200 e. The summed E-state index contributed by atoms with van der Waals surface area (Å²) in [5.41, 5.74) is -1.43. The molecule has 1 aromatic rings. The molecule has 0 aromatic heterocycles. The lowest BCUT2D eigenvalue weighted by molar-refractivity contribution is 0.407. The fourth-order valence-electron chi connectivity index (χ4n) is 1.63. The van der Waals surface area contributed by atoms with Crippen LogP contribution in [0.25, 0.3) is 11.7 Å². The second-order valence-electron chi connectivity index (χ2n) is 3.65. The maximum atomic E-state index is 13.2. The van der Waals surface area contributed by atoms with Crippen LogP contribution in [0.2, 0.25) is 0 Å². The Bertz CT molecular complexity index is 534. The highest BCUT2D eigenvalue weighted by Gasteiger charge is 2.21. The van der Waals surface area contributed by atoms with Crippen LogP contribution in [0.15, 0.2) is 24.3 Å². The van der Waals surface area contributed by atoms with Gasteiger partial charge in [-0.05, 0) is 25.5 Å². The normalized spacial score (nSPS) is 10.2. The summed E-state index contributed by atoms with van der Waals surface area (Å²) in [6, 6.07) is 2.18. The van der Waals surface area contributed by atoms with E-state index in [4.69, 9.17) is 0 Å². The van der Waals surface area contributed by atoms with E-state index in [1.165, 1.54) is 19.9 Å². The lowest BCUT2D eigenvalue weighted by Gasteiger charge is -2.10. The molecule has 0 spiro atoms. The predicted octanol–water partition coefficient (Wildman–Crippen LogP) is 5.37. The molecule has 0 unspecified atom stereocenters.